The third-order valence-corrected chi connectivity index (χ3v) is 4.33. The summed E-state index contributed by atoms with van der Waals surface area (Å²) in [5, 5.41) is 3.37. The molecule has 0 aliphatic carbocycles. The number of rotatable bonds is 5. The van der Waals surface area contributed by atoms with Crippen molar-refractivity contribution in [1.82, 2.24) is 14.8 Å². The van der Waals surface area contributed by atoms with E-state index in [2.05, 4.69) is 15.2 Å². The monoisotopic (exact) mass is 304 g/mol. The minimum atomic E-state index is 0.238. The van der Waals surface area contributed by atoms with Crippen molar-refractivity contribution in [3.8, 4) is 0 Å². The summed E-state index contributed by atoms with van der Waals surface area (Å²) >= 11 is 0. The maximum Gasteiger partial charge on any atom is 0.236 e. The van der Waals surface area contributed by atoms with Crippen LogP contribution in [0.1, 0.15) is 6.42 Å². The Bertz CT molecular complexity index is 476. The topological polar surface area (TPSA) is 57.7 Å². The van der Waals surface area contributed by atoms with Gasteiger partial charge in [-0.15, -0.1) is 0 Å². The van der Waals surface area contributed by atoms with Gasteiger partial charge in [0, 0.05) is 32.4 Å². The molecule has 120 valence electrons. The van der Waals surface area contributed by atoms with Gasteiger partial charge in [0.1, 0.15) is 5.82 Å². The van der Waals surface area contributed by atoms with Crippen molar-refractivity contribution in [3.05, 3.63) is 24.4 Å². The maximum absolute atomic E-state index is 12.2. The van der Waals surface area contributed by atoms with Gasteiger partial charge in [-0.25, -0.2) is 4.98 Å². The summed E-state index contributed by atoms with van der Waals surface area (Å²) in [4.78, 5) is 20.7. The van der Waals surface area contributed by atoms with Gasteiger partial charge in [-0.1, -0.05) is 6.07 Å². The fourth-order valence-corrected chi connectivity index (χ4v) is 3.04. The Morgan fingerprint density at radius 2 is 2.18 bits per heavy atom. The standard InChI is InChI=1S/C16H24N4O2/c21-16(20-7-9-22-10-8-20)13-19-6-4-14(12-19)11-18-15-3-1-2-5-17-15/h1-3,5,14H,4,6-13H2,(H,17,18). The van der Waals surface area contributed by atoms with Gasteiger partial charge >= 0.3 is 0 Å². The fourth-order valence-electron chi connectivity index (χ4n) is 3.04. The van der Waals surface area contributed by atoms with E-state index >= 15 is 0 Å². The molecule has 1 aromatic heterocycles. The number of amides is 1. The Balaban J connectivity index is 1.39. The molecule has 0 radical (unpaired) electrons. The van der Waals surface area contributed by atoms with E-state index in [1.165, 1.54) is 0 Å². The summed E-state index contributed by atoms with van der Waals surface area (Å²) in [6.45, 7) is 6.25. The lowest BCUT2D eigenvalue weighted by Crippen LogP contribution is -2.45. The molecule has 0 bridgehead atoms. The number of likely N-dealkylation sites (tertiary alicyclic amines) is 1. The van der Waals surface area contributed by atoms with Gasteiger partial charge in [-0.3, -0.25) is 9.69 Å². The van der Waals surface area contributed by atoms with E-state index < -0.39 is 0 Å². The maximum atomic E-state index is 12.2. The van der Waals surface area contributed by atoms with Crippen LogP contribution in [0.2, 0.25) is 0 Å². The smallest absolute Gasteiger partial charge is 0.236 e. The highest BCUT2D eigenvalue weighted by Gasteiger charge is 2.26. The molecule has 1 unspecified atom stereocenters. The molecular weight excluding hydrogens is 280 g/mol. The number of pyridine rings is 1. The first-order valence-corrected chi connectivity index (χ1v) is 8.04. The first-order valence-electron chi connectivity index (χ1n) is 8.04. The van der Waals surface area contributed by atoms with Gasteiger partial charge in [-0.05, 0) is 31.0 Å². The zero-order valence-corrected chi connectivity index (χ0v) is 12.9. The minimum Gasteiger partial charge on any atom is -0.378 e. The Kier molecular flexibility index (Phi) is 5.24. The average molecular weight is 304 g/mol. The second-order valence-electron chi connectivity index (χ2n) is 5.98. The van der Waals surface area contributed by atoms with Crippen molar-refractivity contribution in [3.63, 3.8) is 0 Å². The Labute approximate surface area is 131 Å². The SMILES string of the molecule is O=C(CN1CCC(CNc2ccccn2)C1)N1CCOCC1. The predicted octanol–water partition coefficient (Wildman–Crippen LogP) is 0.674. The van der Waals surface area contributed by atoms with Gasteiger partial charge in [0.25, 0.3) is 0 Å². The molecule has 2 fully saturated rings. The summed E-state index contributed by atoms with van der Waals surface area (Å²) in [6.07, 6.45) is 2.93. The van der Waals surface area contributed by atoms with E-state index in [0.29, 0.717) is 25.7 Å². The molecule has 2 saturated heterocycles. The summed E-state index contributed by atoms with van der Waals surface area (Å²) in [7, 11) is 0. The molecule has 6 heteroatoms. The molecule has 2 aliphatic heterocycles. The molecule has 1 N–H and O–H groups in total. The van der Waals surface area contributed by atoms with Crippen molar-refractivity contribution in [2.24, 2.45) is 5.92 Å². The number of nitrogens with zero attached hydrogens (tertiary/aromatic N) is 3. The van der Waals surface area contributed by atoms with Crippen LogP contribution in [-0.4, -0.2) is 73.2 Å². The third-order valence-electron chi connectivity index (χ3n) is 4.33. The van der Waals surface area contributed by atoms with E-state index in [-0.39, 0.29) is 5.91 Å². The molecule has 2 aliphatic rings. The van der Waals surface area contributed by atoms with Crippen LogP contribution in [0.15, 0.2) is 24.4 Å². The van der Waals surface area contributed by atoms with E-state index in [9.17, 15) is 4.79 Å². The van der Waals surface area contributed by atoms with Crippen LogP contribution in [0.4, 0.5) is 5.82 Å². The lowest BCUT2D eigenvalue weighted by atomic mass is 10.1. The van der Waals surface area contributed by atoms with Crippen LogP contribution in [0, 0.1) is 5.92 Å². The third kappa shape index (κ3) is 4.18. The summed E-state index contributed by atoms with van der Waals surface area (Å²) in [5.41, 5.74) is 0. The summed E-state index contributed by atoms with van der Waals surface area (Å²) < 4.78 is 5.29. The Hall–Kier alpha value is -1.66. The molecule has 6 nitrogen and oxygen atoms in total. The Morgan fingerprint density at radius 1 is 1.32 bits per heavy atom. The molecule has 1 aromatic rings. The average Bonchev–Trinajstić information content (AvgIpc) is 3.02. The number of carbonyl (C=O) groups excluding carboxylic acids is 1. The van der Waals surface area contributed by atoms with Gasteiger partial charge in [0.15, 0.2) is 0 Å². The second-order valence-corrected chi connectivity index (χ2v) is 5.98. The highest BCUT2D eigenvalue weighted by molar-refractivity contribution is 5.78. The molecule has 0 spiro atoms. The van der Waals surface area contributed by atoms with Crippen LogP contribution < -0.4 is 5.32 Å². The van der Waals surface area contributed by atoms with E-state index in [0.717, 1.165) is 45.0 Å². The zero-order chi connectivity index (χ0) is 15.2. The zero-order valence-electron chi connectivity index (χ0n) is 12.9. The van der Waals surface area contributed by atoms with E-state index in [4.69, 9.17) is 4.74 Å². The predicted molar refractivity (Wildman–Crippen MR) is 84.7 cm³/mol. The number of hydrogen-bond acceptors (Lipinski definition) is 5. The van der Waals surface area contributed by atoms with Crippen LogP contribution in [-0.2, 0) is 9.53 Å². The molecular formula is C16H24N4O2. The van der Waals surface area contributed by atoms with Gasteiger partial charge in [-0.2, -0.15) is 0 Å². The van der Waals surface area contributed by atoms with Crippen LogP contribution in [0.25, 0.3) is 0 Å². The molecule has 0 saturated carbocycles. The van der Waals surface area contributed by atoms with Crippen molar-refractivity contribution in [2.75, 3.05) is 57.8 Å². The lowest BCUT2D eigenvalue weighted by molar-refractivity contribution is -0.136. The fraction of sp³-hybridized carbons (Fsp3) is 0.625. The number of hydrogen-bond donors (Lipinski definition) is 1. The largest absolute Gasteiger partial charge is 0.378 e. The molecule has 1 amide bonds. The second kappa shape index (κ2) is 7.56. The number of aromatic nitrogens is 1. The summed E-state index contributed by atoms with van der Waals surface area (Å²) in [5.74, 6) is 1.74. The first-order chi connectivity index (χ1) is 10.8. The molecule has 3 rings (SSSR count). The van der Waals surface area contributed by atoms with Gasteiger partial charge < -0.3 is 15.0 Å². The van der Waals surface area contributed by atoms with Crippen LogP contribution >= 0.6 is 0 Å². The van der Waals surface area contributed by atoms with Crippen molar-refractivity contribution >= 4 is 11.7 Å². The molecule has 22 heavy (non-hydrogen) atoms. The number of morpholine rings is 1. The van der Waals surface area contributed by atoms with E-state index in [1.54, 1.807) is 6.20 Å². The highest BCUT2D eigenvalue weighted by atomic mass is 16.5. The minimum absolute atomic E-state index is 0.238. The van der Waals surface area contributed by atoms with E-state index in [1.807, 2.05) is 23.1 Å². The van der Waals surface area contributed by atoms with Crippen molar-refractivity contribution in [1.29, 1.82) is 0 Å². The lowest BCUT2D eigenvalue weighted by Gasteiger charge is -2.28. The van der Waals surface area contributed by atoms with Crippen LogP contribution in [0.3, 0.4) is 0 Å². The number of nitrogens with one attached hydrogen (secondary N) is 1. The molecule has 0 aromatic carbocycles. The number of carbonyl (C=O) groups is 1. The number of anilines is 1. The van der Waals surface area contributed by atoms with Gasteiger partial charge in [0.2, 0.25) is 5.91 Å². The van der Waals surface area contributed by atoms with Gasteiger partial charge in [0.05, 0.1) is 19.8 Å². The molecule has 3 heterocycles. The first kappa shape index (κ1) is 15.2. The Morgan fingerprint density at radius 3 is 2.95 bits per heavy atom. The van der Waals surface area contributed by atoms with Crippen molar-refractivity contribution in [2.45, 2.75) is 6.42 Å². The molecule has 1 atom stereocenters. The van der Waals surface area contributed by atoms with Crippen LogP contribution in [0.5, 0.6) is 0 Å². The number of ether oxygens (including phenoxy) is 1. The van der Waals surface area contributed by atoms with Crippen molar-refractivity contribution < 1.29 is 9.53 Å². The normalized spacial score (nSPS) is 22.7. The quantitative estimate of drug-likeness (QED) is 0.867. The summed E-state index contributed by atoms with van der Waals surface area (Å²) in [6, 6.07) is 5.88. The highest BCUT2D eigenvalue weighted by Crippen LogP contribution is 2.17.